The Kier molecular flexibility index (Phi) is 4.64. The van der Waals surface area contributed by atoms with Gasteiger partial charge in [-0.15, -0.1) is 0 Å². The first-order valence-electron chi connectivity index (χ1n) is 7.52. The minimum absolute atomic E-state index is 0.127. The first-order chi connectivity index (χ1) is 11.5. The summed E-state index contributed by atoms with van der Waals surface area (Å²) in [6.07, 6.45) is 0. The van der Waals surface area contributed by atoms with Gasteiger partial charge in [0.2, 0.25) is 10.0 Å². The van der Waals surface area contributed by atoms with Crippen molar-refractivity contribution in [1.82, 2.24) is 4.72 Å². The van der Waals surface area contributed by atoms with Gasteiger partial charge in [0.1, 0.15) is 23.9 Å². The molecule has 0 fully saturated rings. The molecule has 0 unspecified atom stereocenters. The monoisotopic (exact) mass is 349 g/mol. The Morgan fingerprint density at radius 3 is 2.58 bits per heavy atom. The van der Waals surface area contributed by atoms with Gasteiger partial charge in [-0.25, -0.2) is 13.1 Å². The molecule has 0 spiro atoms. The smallest absolute Gasteiger partial charge is 0.244 e. The van der Waals surface area contributed by atoms with E-state index in [1.165, 1.54) is 7.11 Å². The van der Waals surface area contributed by atoms with Crippen molar-refractivity contribution in [1.29, 1.82) is 0 Å². The van der Waals surface area contributed by atoms with E-state index >= 15 is 0 Å². The number of benzene rings is 2. The number of hydrogen-bond donors (Lipinski definition) is 1. The molecule has 1 N–H and O–H groups in total. The predicted molar refractivity (Wildman–Crippen MR) is 89.2 cm³/mol. The fraction of sp³-hybridized carbons (Fsp3) is 0.294. The first-order valence-corrected chi connectivity index (χ1v) is 9.01. The molecule has 128 valence electrons. The summed E-state index contributed by atoms with van der Waals surface area (Å²) in [5.41, 5.74) is 1.63. The fourth-order valence-corrected chi connectivity index (χ4v) is 3.72. The van der Waals surface area contributed by atoms with E-state index in [4.69, 9.17) is 14.2 Å². The van der Waals surface area contributed by atoms with Crippen molar-refractivity contribution < 1.29 is 22.6 Å². The second-order valence-electron chi connectivity index (χ2n) is 5.46. The van der Waals surface area contributed by atoms with Gasteiger partial charge in [0.15, 0.2) is 11.5 Å². The summed E-state index contributed by atoms with van der Waals surface area (Å²) < 4.78 is 43.9. The molecule has 1 aliphatic rings. The van der Waals surface area contributed by atoms with Crippen LogP contribution in [0.3, 0.4) is 0 Å². The molecule has 0 radical (unpaired) electrons. The van der Waals surface area contributed by atoms with Crippen LogP contribution in [0.5, 0.6) is 17.2 Å². The standard InChI is InChI=1S/C17H19NO5S/c1-12-3-5-15(21-2)17(9-12)24(19,20)18-11-13-4-6-14-16(10-13)23-8-7-22-14/h3-6,9-10,18H,7-8,11H2,1-2H3. The minimum atomic E-state index is -3.69. The molecule has 3 rings (SSSR count). The Bertz CT molecular complexity index is 848. The van der Waals surface area contributed by atoms with Crippen LogP contribution in [0.4, 0.5) is 0 Å². The SMILES string of the molecule is COc1ccc(C)cc1S(=O)(=O)NCc1ccc2c(c1)OCCO2. The number of methoxy groups -OCH3 is 1. The zero-order valence-corrected chi connectivity index (χ0v) is 14.4. The highest BCUT2D eigenvalue weighted by atomic mass is 32.2. The average molecular weight is 349 g/mol. The number of nitrogens with one attached hydrogen (secondary N) is 1. The van der Waals surface area contributed by atoms with Gasteiger partial charge in [0.25, 0.3) is 0 Å². The Hall–Kier alpha value is -2.25. The quantitative estimate of drug-likeness (QED) is 0.896. The molecule has 24 heavy (non-hydrogen) atoms. The van der Waals surface area contributed by atoms with Gasteiger partial charge in [-0.2, -0.15) is 0 Å². The van der Waals surface area contributed by atoms with Crippen LogP contribution in [0, 0.1) is 6.92 Å². The number of rotatable bonds is 5. The second-order valence-corrected chi connectivity index (χ2v) is 7.19. The summed E-state index contributed by atoms with van der Waals surface area (Å²) in [5, 5.41) is 0. The zero-order valence-electron chi connectivity index (χ0n) is 13.5. The van der Waals surface area contributed by atoms with E-state index in [2.05, 4.69) is 4.72 Å². The third-order valence-electron chi connectivity index (χ3n) is 3.68. The lowest BCUT2D eigenvalue weighted by molar-refractivity contribution is 0.171. The maximum absolute atomic E-state index is 12.6. The van der Waals surface area contributed by atoms with E-state index in [-0.39, 0.29) is 11.4 Å². The number of aryl methyl sites for hydroxylation is 1. The topological polar surface area (TPSA) is 73.9 Å². The second kappa shape index (κ2) is 6.70. The molecule has 7 heteroatoms. The molecule has 0 saturated carbocycles. The lowest BCUT2D eigenvalue weighted by Crippen LogP contribution is -2.24. The van der Waals surface area contributed by atoms with Gasteiger partial charge in [0, 0.05) is 6.54 Å². The molecule has 6 nitrogen and oxygen atoms in total. The van der Waals surface area contributed by atoms with Crippen LogP contribution in [-0.4, -0.2) is 28.7 Å². The largest absolute Gasteiger partial charge is 0.495 e. The highest BCUT2D eigenvalue weighted by Crippen LogP contribution is 2.31. The summed E-state index contributed by atoms with van der Waals surface area (Å²) >= 11 is 0. The van der Waals surface area contributed by atoms with Crippen LogP contribution in [0.15, 0.2) is 41.3 Å². The van der Waals surface area contributed by atoms with Crippen LogP contribution < -0.4 is 18.9 Å². The van der Waals surface area contributed by atoms with Crippen LogP contribution in [-0.2, 0) is 16.6 Å². The highest BCUT2D eigenvalue weighted by molar-refractivity contribution is 7.89. The molecule has 0 aromatic heterocycles. The van der Waals surface area contributed by atoms with Crippen molar-refractivity contribution in [2.45, 2.75) is 18.4 Å². The lowest BCUT2D eigenvalue weighted by atomic mass is 10.2. The molecule has 0 saturated heterocycles. The predicted octanol–water partition coefficient (Wildman–Crippen LogP) is 2.25. The Labute approximate surface area is 141 Å². The van der Waals surface area contributed by atoms with Gasteiger partial charge in [-0.05, 0) is 42.3 Å². The van der Waals surface area contributed by atoms with Crippen molar-refractivity contribution >= 4 is 10.0 Å². The zero-order chi connectivity index (χ0) is 17.2. The van der Waals surface area contributed by atoms with Gasteiger partial charge >= 0.3 is 0 Å². The summed E-state index contributed by atoms with van der Waals surface area (Å²) in [6.45, 7) is 2.99. The molecular formula is C17H19NO5S. The van der Waals surface area contributed by atoms with E-state index in [1.54, 1.807) is 30.3 Å². The summed E-state index contributed by atoms with van der Waals surface area (Å²) in [6, 6.07) is 10.4. The van der Waals surface area contributed by atoms with Gasteiger partial charge in [-0.3, -0.25) is 0 Å². The van der Waals surface area contributed by atoms with Gasteiger partial charge in [0.05, 0.1) is 7.11 Å². The molecule has 2 aromatic carbocycles. The van der Waals surface area contributed by atoms with Crippen molar-refractivity contribution in [3.63, 3.8) is 0 Å². The molecule has 0 aliphatic carbocycles. The molecule has 1 aliphatic heterocycles. The normalized spacial score (nSPS) is 13.6. The molecule has 2 aromatic rings. The van der Waals surface area contributed by atoms with Crippen LogP contribution in [0.2, 0.25) is 0 Å². The fourth-order valence-electron chi connectivity index (χ4n) is 2.45. The van der Waals surface area contributed by atoms with E-state index in [9.17, 15) is 8.42 Å². The Morgan fingerprint density at radius 2 is 1.83 bits per heavy atom. The third-order valence-corrected chi connectivity index (χ3v) is 5.10. The van der Waals surface area contributed by atoms with E-state index in [0.29, 0.717) is 30.5 Å². The maximum atomic E-state index is 12.6. The molecule has 0 amide bonds. The lowest BCUT2D eigenvalue weighted by Gasteiger charge is -2.19. The molecular weight excluding hydrogens is 330 g/mol. The maximum Gasteiger partial charge on any atom is 0.244 e. The van der Waals surface area contributed by atoms with Crippen LogP contribution in [0.25, 0.3) is 0 Å². The van der Waals surface area contributed by atoms with Crippen molar-refractivity contribution in [3.8, 4) is 17.2 Å². The van der Waals surface area contributed by atoms with Crippen molar-refractivity contribution in [2.75, 3.05) is 20.3 Å². The average Bonchev–Trinajstić information content (AvgIpc) is 2.60. The van der Waals surface area contributed by atoms with Crippen molar-refractivity contribution in [3.05, 3.63) is 47.5 Å². The number of fused-ring (bicyclic) bond motifs is 1. The third kappa shape index (κ3) is 3.47. The van der Waals surface area contributed by atoms with Gasteiger partial charge in [-0.1, -0.05) is 12.1 Å². The number of hydrogen-bond acceptors (Lipinski definition) is 5. The van der Waals surface area contributed by atoms with Crippen molar-refractivity contribution in [2.24, 2.45) is 0 Å². The number of sulfonamides is 1. The summed E-state index contributed by atoms with van der Waals surface area (Å²) in [5.74, 6) is 1.62. The summed E-state index contributed by atoms with van der Waals surface area (Å²) in [7, 11) is -2.24. The van der Waals surface area contributed by atoms with E-state index in [1.807, 2.05) is 13.0 Å². The van der Waals surface area contributed by atoms with Crippen LogP contribution in [0.1, 0.15) is 11.1 Å². The molecule has 0 atom stereocenters. The Morgan fingerprint density at radius 1 is 1.08 bits per heavy atom. The van der Waals surface area contributed by atoms with E-state index < -0.39 is 10.0 Å². The first kappa shape index (κ1) is 16.6. The summed E-state index contributed by atoms with van der Waals surface area (Å²) in [4.78, 5) is 0.127. The van der Waals surface area contributed by atoms with E-state index in [0.717, 1.165) is 11.1 Å². The van der Waals surface area contributed by atoms with Gasteiger partial charge < -0.3 is 14.2 Å². The molecule has 1 heterocycles. The Balaban J connectivity index is 1.79. The number of ether oxygens (including phenoxy) is 3. The minimum Gasteiger partial charge on any atom is -0.495 e. The van der Waals surface area contributed by atoms with Crippen LogP contribution >= 0.6 is 0 Å². The highest BCUT2D eigenvalue weighted by Gasteiger charge is 2.20. The molecule has 0 bridgehead atoms.